The van der Waals surface area contributed by atoms with Crippen molar-refractivity contribution in [2.75, 3.05) is 10.6 Å². The van der Waals surface area contributed by atoms with Gasteiger partial charge >= 0.3 is 6.18 Å². The standard InChI is InChI=1S/C21H16F3N5O3S/c22-21(23,24)17-12-29-18(2-1-3-19(29)28-17)26-14-6-8-15(9-7-14)27-20(30)13-4-10-16(11-5-13)33(25,31)32/h1-12,26H,(H,27,30)(H2,25,31,32). The number of pyridine rings is 1. The second-order valence-corrected chi connectivity index (χ2v) is 8.55. The van der Waals surface area contributed by atoms with Crippen LogP contribution in [0.5, 0.6) is 0 Å². The number of nitrogens with zero attached hydrogens (tertiary/aromatic N) is 2. The number of fused-ring (bicyclic) bond motifs is 1. The van der Waals surface area contributed by atoms with E-state index in [4.69, 9.17) is 5.14 Å². The highest BCUT2D eigenvalue weighted by molar-refractivity contribution is 7.89. The van der Waals surface area contributed by atoms with Gasteiger partial charge in [-0.3, -0.25) is 9.20 Å². The highest BCUT2D eigenvalue weighted by atomic mass is 32.2. The third-order valence-corrected chi connectivity index (χ3v) is 5.57. The maximum atomic E-state index is 13.0. The van der Waals surface area contributed by atoms with E-state index in [-0.39, 0.29) is 16.1 Å². The monoisotopic (exact) mass is 475 g/mol. The topological polar surface area (TPSA) is 119 Å². The van der Waals surface area contributed by atoms with Gasteiger partial charge in [-0.2, -0.15) is 13.2 Å². The highest BCUT2D eigenvalue weighted by Gasteiger charge is 2.34. The maximum Gasteiger partial charge on any atom is 0.434 e. The highest BCUT2D eigenvalue weighted by Crippen LogP contribution is 2.30. The SMILES string of the molecule is NS(=O)(=O)c1ccc(C(=O)Nc2ccc(Nc3cccc4nc(C(F)(F)F)cn34)cc2)cc1. The first-order chi connectivity index (χ1) is 15.5. The number of carbonyl (C=O) groups excluding carboxylic acids is 1. The van der Waals surface area contributed by atoms with Crippen LogP contribution in [-0.4, -0.2) is 23.7 Å². The summed E-state index contributed by atoms with van der Waals surface area (Å²) in [4.78, 5) is 15.9. The average molecular weight is 475 g/mol. The molecule has 0 saturated carbocycles. The van der Waals surface area contributed by atoms with Crippen LogP contribution in [-0.2, 0) is 16.2 Å². The molecule has 2 aromatic carbocycles. The lowest BCUT2D eigenvalue weighted by Gasteiger charge is -2.10. The smallest absolute Gasteiger partial charge is 0.341 e. The molecule has 4 aromatic rings. The van der Waals surface area contributed by atoms with E-state index in [9.17, 15) is 26.4 Å². The van der Waals surface area contributed by atoms with Crippen LogP contribution in [0.1, 0.15) is 16.1 Å². The van der Waals surface area contributed by atoms with Gasteiger partial charge < -0.3 is 10.6 Å². The lowest BCUT2D eigenvalue weighted by molar-refractivity contribution is -0.140. The van der Waals surface area contributed by atoms with Crippen molar-refractivity contribution in [3.05, 3.63) is 84.2 Å². The number of nitrogens with one attached hydrogen (secondary N) is 2. The van der Waals surface area contributed by atoms with E-state index in [2.05, 4.69) is 15.6 Å². The molecule has 1 amide bonds. The molecule has 2 aromatic heterocycles. The van der Waals surface area contributed by atoms with Gasteiger partial charge in [-0.05, 0) is 60.7 Å². The molecule has 170 valence electrons. The van der Waals surface area contributed by atoms with Gasteiger partial charge in [-0.15, -0.1) is 0 Å². The van der Waals surface area contributed by atoms with Crippen molar-refractivity contribution in [1.82, 2.24) is 9.38 Å². The number of hydrogen-bond acceptors (Lipinski definition) is 5. The predicted octanol–water partition coefficient (Wildman–Crippen LogP) is 4.00. The fraction of sp³-hybridized carbons (Fsp3) is 0.0476. The summed E-state index contributed by atoms with van der Waals surface area (Å²) in [6, 6.07) is 16.3. The van der Waals surface area contributed by atoms with Gasteiger partial charge in [0, 0.05) is 23.1 Å². The van der Waals surface area contributed by atoms with Crippen molar-refractivity contribution >= 4 is 38.8 Å². The molecule has 0 radical (unpaired) electrons. The summed E-state index contributed by atoms with van der Waals surface area (Å²) in [6.07, 6.45) is -3.64. The number of carbonyl (C=O) groups is 1. The third kappa shape index (κ3) is 4.96. The van der Waals surface area contributed by atoms with E-state index < -0.39 is 27.8 Å². The number of imidazole rings is 1. The lowest BCUT2D eigenvalue weighted by atomic mass is 10.2. The first-order valence-electron chi connectivity index (χ1n) is 9.37. The molecule has 0 saturated heterocycles. The molecule has 4 N–H and O–H groups in total. The molecule has 2 heterocycles. The minimum absolute atomic E-state index is 0.107. The fourth-order valence-corrected chi connectivity index (χ4v) is 3.55. The summed E-state index contributed by atoms with van der Waals surface area (Å²) in [7, 11) is -3.85. The van der Waals surface area contributed by atoms with Crippen LogP contribution in [0, 0.1) is 0 Å². The third-order valence-electron chi connectivity index (χ3n) is 4.64. The Bertz CT molecular complexity index is 1430. The molecule has 0 aliphatic carbocycles. The zero-order valence-corrected chi connectivity index (χ0v) is 17.5. The molecule has 0 aliphatic heterocycles. The normalized spacial score (nSPS) is 12.0. The Balaban J connectivity index is 1.48. The zero-order valence-electron chi connectivity index (χ0n) is 16.7. The van der Waals surface area contributed by atoms with E-state index in [1.54, 1.807) is 36.4 Å². The number of hydrogen-bond donors (Lipinski definition) is 3. The van der Waals surface area contributed by atoms with Gasteiger partial charge in [-0.25, -0.2) is 18.5 Å². The molecule has 0 aliphatic rings. The minimum Gasteiger partial charge on any atom is -0.341 e. The molecule has 33 heavy (non-hydrogen) atoms. The van der Waals surface area contributed by atoms with Gasteiger partial charge in [0.15, 0.2) is 5.69 Å². The summed E-state index contributed by atoms with van der Waals surface area (Å²) in [6.45, 7) is 0. The Morgan fingerprint density at radius 2 is 1.58 bits per heavy atom. The van der Waals surface area contributed by atoms with Gasteiger partial charge in [0.25, 0.3) is 5.91 Å². The second-order valence-electron chi connectivity index (χ2n) is 6.99. The van der Waals surface area contributed by atoms with E-state index in [1.165, 1.54) is 34.7 Å². The van der Waals surface area contributed by atoms with Crippen molar-refractivity contribution in [3.63, 3.8) is 0 Å². The summed E-state index contributed by atoms with van der Waals surface area (Å²) >= 11 is 0. The van der Waals surface area contributed by atoms with Crippen LogP contribution in [0.25, 0.3) is 5.65 Å². The second kappa shape index (κ2) is 8.22. The molecule has 0 spiro atoms. The summed E-state index contributed by atoms with van der Waals surface area (Å²) in [5.41, 5.74) is 0.412. The minimum atomic E-state index is -4.55. The Kier molecular flexibility index (Phi) is 5.56. The Labute approximate surface area is 185 Å². The molecule has 0 atom stereocenters. The molecular weight excluding hydrogens is 459 g/mol. The van der Waals surface area contributed by atoms with Crippen LogP contribution in [0.4, 0.5) is 30.4 Å². The first kappa shape index (κ1) is 22.3. The largest absolute Gasteiger partial charge is 0.434 e. The summed E-state index contributed by atoms with van der Waals surface area (Å²) in [5, 5.41) is 10.7. The van der Waals surface area contributed by atoms with Crippen molar-refractivity contribution in [2.24, 2.45) is 5.14 Å². The molecule has 8 nitrogen and oxygen atoms in total. The van der Waals surface area contributed by atoms with Gasteiger partial charge in [-0.1, -0.05) is 6.07 Å². The molecular formula is C21H16F3N5O3S. The van der Waals surface area contributed by atoms with Crippen LogP contribution >= 0.6 is 0 Å². The van der Waals surface area contributed by atoms with Crippen molar-refractivity contribution in [3.8, 4) is 0 Å². The maximum absolute atomic E-state index is 13.0. The number of nitrogens with two attached hydrogens (primary N) is 1. The number of aromatic nitrogens is 2. The first-order valence-corrected chi connectivity index (χ1v) is 10.9. The zero-order chi connectivity index (χ0) is 23.8. The molecule has 0 unspecified atom stereocenters. The van der Waals surface area contributed by atoms with Crippen molar-refractivity contribution < 1.29 is 26.4 Å². The number of sulfonamides is 1. The molecule has 12 heteroatoms. The molecule has 0 fully saturated rings. The predicted molar refractivity (Wildman–Crippen MR) is 116 cm³/mol. The van der Waals surface area contributed by atoms with Crippen LogP contribution in [0.2, 0.25) is 0 Å². The fourth-order valence-electron chi connectivity index (χ4n) is 3.03. The van der Waals surface area contributed by atoms with E-state index >= 15 is 0 Å². The summed E-state index contributed by atoms with van der Waals surface area (Å²) in [5.74, 6) is -0.0817. The van der Waals surface area contributed by atoms with Gasteiger partial charge in [0.2, 0.25) is 10.0 Å². The Morgan fingerprint density at radius 1 is 0.939 bits per heavy atom. The van der Waals surface area contributed by atoms with Crippen molar-refractivity contribution in [1.29, 1.82) is 0 Å². The van der Waals surface area contributed by atoms with E-state index in [0.29, 0.717) is 17.2 Å². The Morgan fingerprint density at radius 3 is 2.18 bits per heavy atom. The number of rotatable bonds is 5. The number of anilines is 3. The van der Waals surface area contributed by atoms with Crippen LogP contribution < -0.4 is 15.8 Å². The number of benzene rings is 2. The number of amides is 1. The molecule has 0 bridgehead atoms. The lowest BCUT2D eigenvalue weighted by Crippen LogP contribution is -2.14. The number of halogens is 3. The quantitative estimate of drug-likeness (QED) is 0.403. The number of alkyl halides is 3. The molecule has 4 rings (SSSR count). The average Bonchev–Trinajstić information content (AvgIpc) is 3.21. The van der Waals surface area contributed by atoms with Gasteiger partial charge in [0.1, 0.15) is 11.5 Å². The van der Waals surface area contributed by atoms with Crippen molar-refractivity contribution in [2.45, 2.75) is 11.1 Å². The number of primary sulfonamides is 1. The van der Waals surface area contributed by atoms with Crippen LogP contribution in [0.3, 0.4) is 0 Å². The van der Waals surface area contributed by atoms with E-state index in [1.807, 2.05) is 0 Å². The Hall–Kier alpha value is -3.90. The van der Waals surface area contributed by atoms with E-state index in [0.717, 1.165) is 6.20 Å². The van der Waals surface area contributed by atoms with Gasteiger partial charge in [0.05, 0.1) is 4.90 Å². The summed E-state index contributed by atoms with van der Waals surface area (Å²) < 4.78 is 62.8. The van der Waals surface area contributed by atoms with Crippen LogP contribution in [0.15, 0.2) is 77.8 Å².